The van der Waals surface area contributed by atoms with Gasteiger partial charge in [0.1, 0.15) is 22.3 Å². The van der Waals surface area contributed by atoms with Gasteiger partial charge in [0.05, 0.1) is 44.5 Å². The van der Waals surface area contributed by atoms with Gasteiger partial charge in [0.15, 0.2) is 11.5 Å². The second kappa shape index (κ2) is 9.42. The Hall–Kier alpha value is -1.35. The molecule has 0 spiro atoms. The molecule has 4 rings (SSSR count). The van der Waals surface area contributed by atoms with Crippen LogP contribution < -0.4 is 4.48 Å². The number of ether oxygens (including phenoxy) is 2. The predicted octanol–water partition coefficient (Wildman–Crippen LogP) is 4.18. The van der Waals surface area contributed by atoms with E-state index in [4.69, 9.17) is 30.4 Å². The summed E-state index contributed by atoms with van der Waals surface area (Å²) >= 11 is 8.21. The molecule has 2 aliphatic rings. The van der Waals surface area contributed by atoms with Gasteiger partial charge in [-0.1, -0.05) is 24.6 Å². The third-order valence-corrected chi connectivity index (χ3v) is 7.23. The molecule has 8 heteroatoms. The Kier molecular flexibility index (Phi) is 6.87. The maximum absolute atomic E-state index is 6.73. The first-order chi connectivity index (χ1) is 14.6. The Bertz CT molecular complexity index is 912. The van der Waals surface area contributed by atoms with E-state index in [9.17, 15) is 0 Å². The fraction of sp³-hybridized carbons (Fsp3) is 0.545. The van der Waals surface area contributed by atoms with E-state index in [-0.39, 0.29) is 0 Å². The molecule has 1 saturated heterocycles. The van der Waals surface area contributed by atoms with Gasteiger partial charge in [-0.05, 0) is 30.2 Å². The molecule has 6 nitrogen and oxygen atoms in total. The van der Waals surface area contributed by atoms with E-state index >= 15 is 0 Å². The summed E-state index contributed by atoms with van der Waals surface area (Å²) in [5.74, 6) is 0.801. The fourth-order valence-electron chi connectivity index (χ4n) is 4.50. The van der Waals surface area contributed by atoms with Crippen molar-refractivity contribution in [1.82, 2.24) is 18.7 Å². The smallest absolute Gasteiger partial charge is 0.179 e. The summed E-state index contributed by atoms with van der Waals surface area (Å²) in [6.07, 6.45) is 4.35. The number of likely N-dealkylation sites (N-methyl/N-ethyl adjacent to an activating group) is 1. The molecule has 1 fully saturated rings. The second-order valence-corrected chi connectivity index (χ2v) is 9.29. The van der Waals surface area contributed by atoms with E-state index in [1.807, 2.05) is 12.1 Å². The first-order valence-electron chi connectivity index (χ1n) is 10.6. The van der Waals surface area contributed by atoms with Crippen LogP contribution in [-0.2, 0) is 16.0 Å². The maximum atomic E-state index is 6.73. The summed E-state index contributed by atoms with van der Waals surface area (Å²) in [5.41, 5.74) is 3.39. The molecule has 0 aliphatic carbocycles. The Morgan fingerprint density at radius 2 is 2.13 bits per heavy atom. The van der Waals surface area contributed by atoms with Crippen molar-refractivity contribution in [1.29, 1.82) is 0 Å². The Labute approximate surface area is 187 Å². The molecule has 2 aliphatic heterocycles. The van der Waals surface area contributed by atoms with Gasteiger partial charge in [-0.15, -0.1) is 0 Å². The largest absolute Gasteiger partial charge is 0.383 e. The van der Waals surface area contributed by atoms with Crippen molar-refractivity contribution in [3.05, 3.63) is 45.8 Å². The summed E-state index contributed by atoms with van der Waals surface area (Å²) in [5, 5.41) is 1.83. The summed E-state index contributed by atoms with van der Waals surface area (Å²) in [7, 11) is 3.99. The molecule has 30 heavy (non-hydrogen) atoms. The van der Waals surface area contributed by atoms with E-state index in [1.54, 1.807) is 7.11 Å². The van der Waals surface area contributed by atoms with Crippen molar-refractivity contribution >= 4 is 34.4 Å². The van der Waals surface area contributed by atoms with Gasteiger partial charge in [0.2, 0.25) is 0 Å². The van der Waals surface area contributed by atoms with Crippen LogP contribution in [0.15, 0.2) is 24.4 Å². The topological polar surface area (TPSA) is 47.5 Å². The van der Waals surface area contributed by atoms with Crippen LogP contribution in [-0.4, -0.2) is 67.4 Å². The lowest BCUT2D eigenvalue weighted by molar-refractivity contribution is 0.0575. The van der Waals surface area contributed by atoms with Crippen molar-refractivity contribution < 1.29 is 9.47 Å². The fourth-order valence-corrected chi connectivity index (χ4v) is 5.56. The summed E-state index contributed by atoms with van der Waals surface area (Å²) in [6, 6.07) is 6.60. The molecule has 3 heterocycles. The summed E-state index contributed by atoms with van der Waals surface area (Å²) < 4.78 is 16.3. The number of fused-ring (bicyclic) bond motifs is 1. The molecule has 0 saturated carbocycles. The van der Waals surface area contributed by atoms with Crippen LogP contribution >= 0.6 is 23.1 Å². The predicted molar refractivity (Wildman–Crippen MR) is 123 cm³/mol. The monoisotopic (exact) mass is 449 g/mol. The van der Waals surface area contributed by atoms with E-state index in [2.05, 4.69) is 31.1 Å². The maximum Gasteiger partial charge on any atom is 0.179 e. The van der Waals surface area contributed by atoms with Gasteiger partial charge in [-0.3, -0.25) is 9.38 Å². The average molecular weight is 450 g/mol. The van der Waals surface area contributed by atoms with Crippen LogP contribution in [0.1, 0.15) is 36.2 Å². The summed E-state index contributed by atoms with van der Waals surface area (Å²) in [6.45, 7) is 7.12. The Morgan fingerprint density at radius 1 is 1.33 bits per heavy atom. The van der Waals surface area contributed by atoms with Gasteiger partial charge in [0, 0.05) is 26.5 Å². The van der Waals surface area contributed by atoms with Crippen LogP contribution in [0, 0.1) is 0 Å². The van der Waals surface area contributed by atoms with Gasteiger partial charge in [-0.2, -0.15) is 4.37 Å². The van der Waals surface area contributed by atoms with Gasteiger partial charge >= 0.3 is 0 Å². The van der Waals surface area contributed by atoms with Gasteiger partial charge in [-0.25, -0.2) is 4.98 Å². The number of nitrogens with zero attached hydrogens (tertiary/aromatic N) is 4. The summed E-state index contributed by atoms with van der Waals surface area (Å²) in [4.78, 5) is 7.23. The van der Waals surface area contributed by atoms with E-state index in [1.165, 1.54) is 11.5 Å². The Morgan fingerprint density at radius 3 is 2.87 bits per heavy atom. The Balaban J connectivity index is 1.65. The number of hydrogen-bond donors (Lipinski definition) is 0. The molecule has 0 N–H and O–H groups in total. The number of methoxy groups -OCH3 is 1. The minimum absolute atomic E-state index is 0.442. The second-order valence-electron chi connectivity index (χ2n) is 8.04. The lowest BCUT2D eigenvalue weighted by Crippen LogP contribution is -2.50. The van der Waals surface area contributed by atoms with E-state index in [0.29, 0.717) is 10.5 Å². The molecule has 1 unspecified atom stereocenters. The molecule has 1 aromatic carbocycles. The van der Waals surface area contributed by atoms with Crippen LogP contribution in [0.4, 0.5) is 5.69 Å². The standard InChI is InChI=1S/C22H30ClN4O2S/c1-4-26(10-13-28-3)14-20-24-22(25-30-20)18-15-27(2,16-8-11-29-12-9-16)21-17(18)6-5-7-19(21)23/h5-7,15-16H,4,8-14H2,1-3H3/q+1. The highest BCUT2D eigenvalue weighted by Crippen LogP contribution is 2.48. The number of halogens is 1. The zero-order valence-electron chi connectivity index (χ0n) is 17.9. The first-order valence-corrected chi connectivity index (χ1v) is 11.7. The van der Waals surface area contributed by atoms with Crippen molar-refractivity contribution in [2.75, 3.05) is 47.1 Å². The first kappa shape index (κ1) is 21.9. The molecule has 2 aromatic rings. The molecule has 1 atom stereocenters. The zero-order chi connectivity index (χ0) is 21.1. The van der Waals surface area contributed by atoms with Crippen LogP contribution in [0.25, 0.3) is 5.57 Å². The highest BCUT2D eigenvalue weighted by molar-refractivity contribution is 7.05. The highest BCUT2D eigenvalue weighted by Gasteiger charge is 2.44. The number of rotatable bonds is 8. The van der Waals surface area contributed by atoms with Crippen molar-refractivity contribution in [2.24, 2.45) is 0 Å². The molecule has 162 valence electrons. The van der Waals surface area contributed by atoms with E-state index in [0.717, 1.165) is 85.0 Å². The van der Waals surface area contributed by atoms with E-state index < -0.39 is 0 Å². The normalized spacial score (nSPS) is 21.8. The van der Waals surface area contributed by atoms with Gasteiger partial charge < -0.3 is 9.47 Å². The minimum Gasteiger partial charge on any atom is -0.383 e. The van der Waals surface area contributed by atoms with Crippen molar-refractivity contribution in [3.8, 4) is 0 Å². The third-order valence-electron chi connectivity index (χ3n) is 6.23. The van der Waals surface area contributed by atoms with Gasteiger partial charge in [0.25, 0.3) is 0 Å². The number of aromatic nitrogens is 2. The quantitative estimate of drug-likeness (QED) is 0.566. The molecule has 0 bridgehead atoms. The van der Waals surface area contributed by atoms with Crippen molar-refractivity contribution in [2.45, 2.75) is 32.4 Å². The average Bonchev–Trinajstić information content (AvgIpc) is 3.35. The number of para-hydroxylation sites is 1. The zero-order valence-corrected chi connectivity index (χ0v) is 19.5. The minimum atomic E-state index is 0.442. The lowest BCUT2D eigenvalue weighted by atomic mass is 10.0. The SMILES string of the molecule is CCN(CCOC)Cc1nc(C2=C[N+](C)(C3CCOCC3)c3c(Cl)cccc32)ns1. The molecule has 0 radical (unpaired) electrons. The number of benzene rings is 1. The number of hydrogen-bond acceptors (Lipinski definition) is 6. The van der Waals surface area contributed by atoms with Crippen LogP contribution in [0.2, 0.25) is 5.02 Å². The molecular weight excluding hydrogens is 420 g/mol. The highest BCUT2D eigenvalue weighted by atomic mass is 35.5. The molecule has 0 amide bonds. The van der Waals surface area contributed by atoms with Crippen molar-refractivity contribution in [3.63, 3.8) is 0 Å². The lowest BCUT2D eigenvalue weighted by Gasteiger charge is -2.38. The van der Waals surface area contributed by atoms with Crippen LogP contribution in [0.5, 0.6) is 0 Å². The number of quaternary nitrogens is 1. The molecular formula is C22H30ClN4O2S+. The molecule has 1 aromatic heterocycles. The van der Waals surface area contributed by atoms with Crippen LogP contribution in [0.3, 0.4) is 0 Å². The third kappa shape index (κ3) is 4.20.